The average Bonchev–Trinajstić information content (AvgIpc) is 3.40. The molecule has 0 aliphatic heterocycles. The zero-order chi connectivity index (χ0) is 27.2. The van der Waals surface area contributed by atoms with Crippen molar-refractivity contribution in [3.63, 3.8) is 0 Å². The van der Waals surface area contributed by atoms with Crippen LogP contribution in [-0.2, 0) is 22.7 Å². The van der Waals surface area contributed by atoms with Crippen molar-refractivity contribution in [2.75, 3.05) is 13.7 Å². The number of fused-ring (bicyclic) bond motifs is 1. The molecular formula is C31H26ClN3O4. The summed E-state index contributed by atoms with van der Waals surface area (Å²) in [6.45, 7) is 0.461. The predicted octanol–water partition coefficient (Wildman–Crippen LogP) is 6.05. The highest BCUT2D eigenvalue weighted by molar-refractivity contribution is 6.30. The van der Waals surface area contributed by atoms with Crippen molar-refractivity contribution in [1.29, 1.82) is 0 Å². The summed E-state index contributed by atoms with van der Waals surface area (Å²) in [6, 6.07) is 28.7. The molecule has 7 nitrogen and oxygen atoms in total. The van der Waals surface area contributed by atoms with Crippen molar-refractivity contribution in [3.8, 4) is 16.9 Å². The van der Waals surface area contributed by atoms with Crippen molar-refractivity contribution in [2.45, 2.75) is 13.2 Å². The van der Waals surface area contributed by atoms with E-state index in [0.717, 1.165) is 22.3 Å². The monoisotopic (exact) mass is 539 g/mol. The minimum absolute atomic E-state index is 0.203. The highest BCUT2D eigenvalue weighted by Crippen LogP contribution is 2.23. The molecule has 2 heterocycles. The van der Waals surface area contributed by atoms with Gasteiger partial charge in [0.15, 0.2) is 0 Å². The Bertz CT molecular complexity index is 1580. The van der Waals surface area contributed by atoms with E-state index in [0.29, 0.717) is 23.0 Å². The third kappa shape index (κ3) is 6.45. The number of amides is 1. The van der Waals surface area contributed by atoms with Crippen LogP contribution >= 0.6 is 11.6 Å². The van der Waals surface area contributed by atoms with E-state index in [1.165, 1.54) is 12.0 Å². The van der Waals surface area contributed by atoms with Crippen LogP contribution in [0.25, 0.3) is 16.8 Å². The fraction of sp³-hybridized carbons (Fsp3) is 0.129. The van der Waals surface area contributed by atoms with E-state index >= 15 is 0 Å². The van der Waals surface area contributed by atoms with Crippen LogP contribution in [0.15, 0.2) is 103 Å². The zero-order valence-electron chi connectivity index (χ0n) is 21.3. The standard InChI is InChI=1S/C31H26ClN3O4/c1-38-30(36)20-35(17-22-7-14-27(15-8-22)39-21-23-5-3-2-4-6-23)31(37)28-19-34-18-25(11-16-29(34)33-28)24-9-12-26(32)13-10-24/h2-16,18-19H,17,20-21H2,1H3. The van der Waals surface area contributed by atoms with Gasteiger partial charge in [-0.25, -0.2) is 4.98 Å². The molecule has 0 N–H and O–H groups in total. The molecule has 0 saturated carbocycles. The fourth-order valence-electron chi connectivity index (χ4n) is 4.14. The van der Waals surface area contributed by atoms with Crippen LogP contribution in [0.2, 0.25) is 5.02 Å². The second kappa shape index (κ2) is 11.8. The first-order valence-corrected chi connectivity index (χ1v) is 12.7. The Morgan fingerprint density at radius 1 is 0.846 bits per heavy atom. The zero-order valence-corrected chi connectivity index (χ0v) is 22.0. The smallest absolute Gasteiger partial charge is 0.325 e. The maximum Gasteiger partial charge on any atom is 0.325 e. The molecule has 1 amide bonds. The lowest BCUT2D eigenvalue weighted by Gasteiger charge is -2.20. The molecule has 5 aromatic rings. The van der Waals surface area contributed by atoms with E-state index in [-0.39, 0.29) is 24.7 Å². The van der Waals surface area contributed by atoms with Gasteiger partial charge in [0.2, 0.25) is 0 Å². The number of rotatable bonds is 9. The minimum atomic E-state index is -0.514. The molecule has 196 valence electrons. The van der Waals surface area contributed by atoms with E-state index in [9.17, 15) is 9.59 Å². The maximum absolute atomic E-state index is 13.5. The van der Waals surface area contributed by atoms with Crippen molar-refractivity contribution < 1.29 is 19.1 Å². The van der Waals surface area contributed by atoms with Gasteiger partial charge in [0.1, 0.15) is 30.2 Å². The van der Waals surface area contributed by atoms with Crippen molar-refractivity contribution in [2.24, 2.45) is 0 Å². The number of esters is 1. The van der Waals surface area contributed by atoms with Gasteiger partial charge in [-0.05, 0) is 58.7 Å². The van der Waals surface area contributed by atoms with Gasteiger partial charge in [-0.3, -0.25) is 9.59 Å². The summed E-state index contributed by atoms with van der Waals surface area (Å²) in [5, 5.41) is 0.662. The fourth-order valence-corrected chi connectivity index (χ4v) is 4.27. The third-order valence-electron chi connectivity index (χ3n) is 6.23. The van der Waals surface area contributed by atoms with Crippen LogP contribution in [-0.4, -0.2) is 39.8 Å². The van der Waals surface area contributed by atoms with Crippen LogP contribution in [0.4, 0.5) is 0 Å². The van der Waals surface area contributed by atoms with E-state index in [4.69, 9.17) is 21.1 Å². The highest BCUT2D eigenvalue weighted by Gasteiger charge is 2.22. The molecule has 0 unspecified atom stereocenters. The lowest BCUT2D eigenvalue weighted by Crippen LogP contribution is -2.36. The Hall–Kier alpha value is -4.62. The molecule has 0 bridgehead atoms. The first-order chi connectivity index (χ1) is 19.0. The van der Waals surface area contributed by atoms with Crippen molar-refractivity contribution in [3.05, 3.63) is 125 Å². The van der Waals surface area contributed by atoms with Gasteiger partial charge in [0, 0.05) is 24.0 Å². The van der Waals surface area contributed by atoms with E-state index in [1.54, 1.807) is 10.6 Å². The normalized spacial score (nSPS) is 10.8. The van der Waals surface area contributed by atoms with Gasteiger partial charge in [0.05, 0.1) is 7.11 Å². The minimum Gasteiger partial charge on any atom is -0.489 e. The molecular weight excluding hydrogens is 514 g/mol. The topological polar surface area (TPSA) is 73.1 Å². The first-order valence-electron chi connectivity index (χ1n) is 12.3. The van der Waals surface area contributed by atoms with Crippen LogP contribution in [0.3, 0.4) is 0 Å². The molecule has 0 spiro atoms. The van der Waals surface area contributed by atoms with Crippen molar-refractivity contribution in [1.82, 2.24) is 14.3 Å². The van der Waals surface area contributed by atoms with E-state index < -0.39 is 5.97 Å². The Morgan fingerprint density at radius 2 is 1.56 bits per heavy atom. The molecule has 0 radical (unpaired) electrons. The number of aromatic nitrogens is 2. The number of hydrogen-bond donors (Lipinski definition) is 0. The lowest BCUT2D eigenvalue weighted by molar-refractivity contribution is -0.141. The molecule has 2 aromatic heterocycles. The molecule has 0 saturated heterocycles. The van der Waals surface area contributed by atoms with Crippen LogP contribution in [0.5, 0.6) is 5.75 Å². The molecule has 8 heteroatoms. The second-order valence-electron chi connectivity index (χ2n) is 8.97. The Balaban J connectivity index is 1.32. The summed E-state index contributed by atoms with van der Waals surface area (Å²) in [4.78, 5) is 31.6. The molecule has 0 atom stereocenters. The lowest BCUT2D eigenvalue weighted by atomic mass is 10.1. The SMILES string of the molecule is COC(=O)CN(Cc1ccc(OCc2ccccc2)cc1)C(=O)c1cn2cc(-c3ccc(Cl)cc3)ccc2n1. The Morgan fingerprint density at radius 3 is 2.28 bits per heavy atom. The van der Waals surface area contributed by atoms with Gasteiger partial charge in [-0.15, -0.1) is 0 Å². The molecule has 0 fully saturated rings. The van der Waals surface area contributed by atoms with Gasteiger partial charge in [-0.2, -0.15) is 0 Å². The maximum atomic E-state index is 13.5. The number of imidazole rings is 1. The van der Waals surface area contributed by atoms with Gasteiger partial charge in [-0.1, -0.05) is 66.2 Å². The summed E-state index contributed by atoms with van der Waals surface area (Å²) in [6.07, 6.45) is 3.57. The first kappa shape index (κ1) is 26.0. The summed E-state index contributed by atoms with van der Waals surface area (Å²) in [7, 11) is 1.30. The number of benzene rings is 3. The number of carbonyl (C=O) groups is 2. The van der Waals surface area contributed by atoms with Gasteiger partial charge >= 0.3 is 5.97 Å². The summed E-state index contributed by atoms with van der Waals surface area (Å²) < 4.78 is 12.5. The van der Waals surface area contributed by atoms with Crippen LogP contribution in [0.1, 0.15) is 21.6 Å². The number of methoxy groups -OCH3 is 1. The quantitative estimate of drug-likeness (QED) is 0.213. The third-order valence-corrected chi connectivity index (χ3v) is 6.48. The number of pyridine rings is 1. The summed E-state index contributed by atoms with van der Waals surface area (Å²) in [5.41, 5.74) is 4.71. The predicted molar refractivity (Wildman–Crippen MR) is 150 cm³/mol. The Kier molecular flexibility index (Phi) is 7.89. The van der Waals surface area contributed by atoms with Crippen molar-refractivity contribution >= 4 is 29.1 Å². The van der Waals surface area contributed by atoms with Crippen LogP contribution in [0, 0.1) is 0 Å². The number of carbonyl (C=O) groups excluding carboxylic acids is 2. The molecule has 5 rings (SSSR count). The number of halogens is 1. The second-order valence-corrected chi connectivity index (χ2v) is 9.41. The molecule has 0 aliphatic carbocycles. The van der Waals surface area contributed by atoms with E-state index in [2.05, 4.69) is 4.98 Å². The van der Waals surface area contributed by atoms with Crippen LogP contribution < -0.4 is 4.74 Å². The number of nitrogens with zero attached hydrogens (tertiary/aromatic N) is 3. The Labute approximate surface area is 231 Å². The summed E-state index contributed by atoms with van der Waals surface area (Å²) >= 11 is 6.01. The average molecular weight is 540 g/mol. The number of ether oxygens (including phenoxy) is 2. The number of hydrogen-bond acceptors (Lipinski definition) is 5. The van der Waals surface area contributed by atoms with Gasteiger partial charge < -0.3 is 18.8 Å². The molecule has 39 heavy (non-hydrogen) atoms. The summed E-state index contributed by atoms with van der Waals surface area (Å²) in [5.74, 6) is -0.174. The molecule has 0 aliphatic rings. The van der Waals surface area contributed by atoms with E-state index in [1.807, 2.05) is 97.2 Å². The molecule has 3 aromatic carbocycles. The highest BCUT2D eigenvalue weighted by atomic mass is 35.5. The van der Waals surface area contributed by atoms with Gasteiger partial charge in [0.25, 0.3) is 5.91 Å². The largest absolute Gasteiger partial charge is 0.489 e.